The molecule has 2 aromatic carbocycles. The summed E-state index contributed by atoms with van der Waals surface area (Å²) in [5.41, 5.74) is 5.77. The van der Waals surface area contributed by atoms with Crippen LogP contribution in [-0.4, -0.2) is 28.2 Å². The lowest BCUT2D eigenvalue weighted by Gasteiger charge is -2.19. The van der Waals surface area contributed by atoms with Crippen LogP contribution in [0.25, 0.3) is 0 Å². The van der Waals surface area contributed by atoms with E-state index in [2.05, 4.69) is 31.8 Å². The SMILES string of the molecule is O=C(O)C(F)(F)F.O=C1Nc2ccc(Br)cc2C12NN=C(c1ccccc1)S2. The minimum atomic E-state index is -5.08. The molecule has 28 heavy (non-hydrogen) atoms. The predicted octanol–water partition coefficient (Wildman–Crippen LogP) is 3.89. The molecule has 1 unspecified atom stereocenters. The van der Waals surface area contributed by atoms with Crippen LogP contribution in [0.2, 0.25) is 0 Å². The zero-order valence-electron chi connectivity index (χ0n) is 13.7. The first-order valence-electron chi connectivity index (χ1n) is 7.64. The van der Waals surface area contributed by atoms with Crippen LogP contribution in [0.5, 0.6) is 0 Å². The van der Waals surface area contributed by atoms with Gasteiger partial charge in [0.2, 0.25) is 4.87 Å². The van der Waals surface area contributed by atoms with Gasteiger partial charge in [0.1, 0.15) is 5.04 Å². The van der Waals surface area contributed by atoms with Gasteiger partial charge in [-0.1, -0.05) is 58.0 Å². The van der Waals surface area contributed by atoms with Crippen LogP contribution in [-0.2, 0) is 14.5 Å². The van der Waals surface area contributed by atoms with Gasteiger partial charge in [0.25, 0.3) is 5.91 Å². The van der Waals surface area contributed by atoms with E-state index in [-0.39, 0.29) is 5.91 Å². The zero-order chi connectivity index (χ0) is 20.5. The largest absolute Gasteiger partial charge is 0.490 e. The van der Waals surface area contributed by atoms with E-state index in [0.29, 0.717) is 0 Å². The van der Waals surface area contributed by atoms with Crippen LogP contribution in [0.4, 0.5) is 18.9 Å². The number of benzene rings is 2. The molecule has 0 bridgehead atoms. The van der Waals surface area contributed by atoms with Crippen molar-refractivity contribution in [1.82, 2.24) is 5.43 Å². The number of hydrazone groups is 1. The summed E-state index contributed by atoms with van der Waals surface area (Å²) in [6.07, 6.45) is -5.08. The molecular weight excluding hydrogens is 463 g/mol. The number of fused-ring (bicyclic) bond motifs is 2. The second-order valence-electron chi connectivity index (χ2n) is 5.62. The molecule has 1 amide bonds. The van der Waals surface area contributed by atoms with Gasteiger partial charge in [-0.25, -0.2) is 4.79 Å². The van der Waals surface area contributed by atoms with Gasteiger partial charge in [0, 0.05) is 21.3 Å². The summed E-state index contributed by atoms with van der Waals surface area (Å²) in [4.78, 5) is 20.5. The number of amides is 1. The quantitative estimate of drug-likeness (QED) is 0.584. The smallest absolute Gasteiger partial charge is 0.475 e. The highest BCUT2D eigenvalue weighted by Crippen LogP contribution is 2.48. The Balaban J connectivity index is 0.000000279. The van der Waals surface area contributed by atoms with Crippen LogP contribution in [0.15, 0.2) is 58.1 Å². The van der Waals surface area contributed by atoms with Gasteiger partial charge in [-0.2, -0.15) is 18.3 Å². The number of nitrogens with zero attached hydrogens (tertiary/aromatic N) is 1. The fourth-order valence-electron chi connectivity index (χ4n) is 2.49. The maximum Gasteiger partial charge on any atom is 0.490 e. The molecule has 4 rings (SSSR count). The summed E-state index contributed by atoms with van der Waals surface area (Å²) in [6, 6.07) is 15.6. The van der Waals surface area contributed by atoms with E-state index in [1.54, 1.807) is 0 Å². The number of carboxylic acid groups (broad SMARTS) is 1. The van der Waals surface area contributed by atoms with Crippen LogP contribution >= 0.6 is 27.7 Å². The van der Waals surface area contributed by atoms with Crippen molar-refractivity contribution in [2.45, 2.75) is 11.0 Å². The van der Waals surface area contributed by atoms with Crippen molar-refractivity contribution in [2.75, 3.05) is 5.32 Å². The van der Waals surface area contributed by atoms with Crippen molar-refractivity contribution in [1.29, 1.82) is 0 Å². The van der Waals surface area contributed by atoms with E-state index < -0.39 is 17.0 Å². The third-order valence-corrected chi connectivity index (χ3v) is 5.57. The first-order valence-corrected chi connectivity index (χ1v) is 9.25. The van der Waals surface area contributed by atoms with Crippen molar-refractivity contribution < 1.29 is 27.9 Å². The van der Waals surface area contributed by atoms with E-state index >= 15 is 0 Å². The maximum atomic E-state index is 12.5. The summed E-state index contributed by atoms with van der Waals surface area (Å²) in [6.45, 7) is 0. The Morgan fingerprint density at radius 3 is 2.43 bits per heavy atom. The normalized spacial score (nSPS) is 19.9. The molecule has 2 aromatic rings. The van der Waals surface area contributed by atoms with E-state index in [0.717, 1.165) is 26.3 Å². The molecule has 6 nitrogen and oxygen atoms in total. The van der Waals surface area contributed by atoms with Gasteiger partial charge in [-0.3, -0.25) is 10.2 Å². The molecule has 2 aliphatic rings. The number of hydrogen-bond acceptors (Lipinski definition) is 5. The number of rotatable bonds is 1. The van der Waals surface area contributed by atoms with E-state index in [1.807, 2.05) is 48.5 Å². The van der Waals surface area contributed by atoms with Gasteiger partial charge in [0.15, 0.2) is 0 Å². The van der Waals surface area contributed by atoms with Gasteiger partial charge < -0.3 is 10.4 Å². The molecule has 11 heteroatoms. The molecule has 0 fully saturated rings. The molecule has 1 atom stereocenters. The number of hydrogen-bond donors (Lipinski definition) is 3. The topological polar surface area (TPSA) is 90.8 Å². The molecule has 0 aliphatic carbocycles. The van der Waals surface area contributed by atoms with Crippen molar-refractivity contribution in [3.63, 3.8) is 0 Å². The fourth-order valence-corrected chi connectivity index (χ4v) is 4.00. The molecule has 2 aliphatic heterocycles. The number of alkyl halides is 3. The second-order valence-corrected chi connectivity index (χ2v) is 7.74. The Morgan fingerprint density at radius 1 is 1.18 bits per heavy atom. The highest BCUT2D eigenvalue weighted by Gasteiger charge is 2.52. The Bertz CT molecular complexity index is 969. The van der Waals surface area contributed by atoms with E-state index in [4.69, 9.17) is 9.90 Å². The molecule has 3 N–H and O–H groups in total. The third kappa shape index (κ3) is 3.85. The highest BCUT2D eigenvalue weighted by atomic mass is 79.9. The lowest BCUT2D eigenvalue weighted by Crippen LogP contribution is -2.39. The number of thioether (sulfide) groups is 1. The van der Waals surface area contributed by atoms with Gasteiger partial charge in [-0.15, -0.1) is 0 Å². The summed E-state index contributed by atoms with van der Waals surface area (Å²) in [5, 5.41) is 15.2. The second kappa shape index (κ2) is 7.47. The number of aliphatic carboxylic acids is 1. The predicted molar refractivity (Wildman–Crippen MR) is 102 cm³/mol. The molecule has 1 spiro atoms. The minimum Gasteiger partial charge on any atom is -0.475 e. The van der Waals surface area contributed by atoms with Crippen molar-refractivity contribution in [2.24, 2.45) is 5.10 Å². The van der Waals surface area contributed by atoms with Crippen LogP contribution < -0.4 is 10.7 Å². The van der Waals surface area contributed by atoms with Gasteiger partial charge in [0.05, 0.1) is 0 Å². The van der Waals surface area contributed by atoms with Gasteiger partial charge in [-0.05, 0) is 18.2 Å². The molecule has 0 aromatic heterocycles. The summed E-state index contributed by atoms with van der Waals surface area (Å²) in [5.74, 6) is -2.84. The molecule has 2 heterocycles. The number of nitrogens with one attached hydrogen (secondary N) is 2. The lowest BCUT2D eigenvalue weighted by molar-refractivity contribution is -0.192. The van der Waals surface area contributed by atoms with E-state index in [9.17, 15) is 18.0 Å². The lowest BCUT2D eigenvalue weighted by atomic mass is 10.1. The number of carbonyl (C=O) groups is 2. The Kier molecular flexibility index (Phi) is 5.39. The van der Waals surface area contributed by atoms with Crippen LogP contribution in [0.1, 0.15) is 11.1 Å². The van der Waals surface area contributed by atoms with Crippen LogP contribution in [0.3, 0.4) is 0 Å². The number of carbonyl (C=O) groups excluding carboxylic acids is 1. The summed E-state index contributed by atoms with van der Waals surface area (Å²) >= 11 is 4.90. The molecule has 146 valence electrons. The Hall–Kier alpha value is -2.53. The fraction of sp³-hybridized carbons (Fsp3) is 0.118. The molecule has 0 saturated carbocycles. The monoisotopic (exact) mass is 473 g/mol. The number of anilines is 1. The van der Waals surface area contributed by atoms with Crippen molar-refractivity contribution in [3.8, 4) is 0 Å². The first-order chi connectivity index (χ1) is 13.1. The Morgan fingerprint density at radius 2 is 1.82 bits per heavy atom. The third-order valence-electron chi connectivity index (χ3n) is 3.76. The van der Waals surface area contributed by atoms with Crippen LogP contribution in [0, 0.1) is 0 Å². The van der Waals surface area contributed by atoms with E-state index in [1.165, 1.54) is 11.8 Å². The summed E-state index contributed by atoms with van der Waals surface area (Å²) < 4.78 is 32.7. The highest BCUT2D eigenvalue weighted by molar-refractivity contribution is 9.10. The average molecular weight is 474 g/mol. The van der Waals surface area contributed by atoms with Crippen molar-refractivity contribution in [3.05, 3.63) is 64.1 Å². The number of halogens is 4. The zero-order valence-corrected chi connectivity index (χ0v) is 16.2. The minimum absolute atomic E-state index is 0.0877. The standard InChI is InChI=1S/C15H10BrN3OS.C2HF3O2/c16-10-6-7-12-11(8-10)15(14(20)17-12)19-18-13(21-15)9-4-2-1-3-5-9;3-2(4,5)1(6)7/h1-8,19H,(H,17,20);(H,6,7). The average Bonchev–Trinajstić information content (AvgIpc) is 3.20. The Labute approximate surface area is 169 Å². The molecule has 0 saturated heterocycles. The van der Waals surface area contributed by atoms with Gasteiger partial charge >= 0.3 is 12.1 Å². The molecular formula is C17H11BrF3N3O3S. The van der Waals surface area contributed by atoms with Crippen molar-refractivity contribution >= 4 is 50.3 Å². The maximum absolute atomic E-state index is 12.5. The molecule has 0 radical (unpaired) electrons. The first kappa shape index (κ1) is 20.2. The summed E-state index contributed by atoms with van der Waals surface area (Å²) in [7, 11) is 0. The number of carboxylic acids is 1.